The zero-order valence-corrected chi connectivity index (χ0v) is 18.2. The van der Waals surface area contributed by atoms with Crippen LogP contribution in [0, 0.1) is 10.1 Å². The van der Waals surface area contributed by atoms with Crippen LogP contribution in [0.15, 0.2) is 47.4 Å². The van der Waals surface area contributed by atoms with Crippen molar-refractivity contribution in [3.8, 4) is 0 Å². The molecule has 0 radical (unpaired) electrons. The summed E-state index contributed by atoms with van der Waals surface area (Å²) in [6.45, 7) is 0.301. The van der Waals surface area contributed by atoms with Crippen molar-refractivity contribution in [1.82, 2.24) is 9.21 Å². The Morgan fingerprint density at radius 2 is 1.67 bits per heavy atom. The summed E-state index contributed by atoms with van der Waals surface area (Å²) in [4.78, 5) is 48.7. The molecule has 1 saturated heterocycles. The summed E-state index contributed by atoms with van der Waals surface area (Å²) in [5, 5.41) is 13.7. The van der Waals surface area contributed by atoms with Crippen molar-refractivity contribution in [3.05, 3.63) is 63.7 Å². The van der Waals surface area contributed by atoms with Crippen LogP contribution in [0.4, 0.5) is 11.4 Å². The lowest BCUT2D eigenvalue weighted by molar-refractivity contribution is -0.385. The molecule has 172 valence electrons. The third kappa shape index (κ3) is 4.22. The topological polar surface area (TPSA) is 147 Å². The molecule has 2 aliphatic heterocycles. The van der Waals surface area contributed by atoms with Gasteiger partial charge in [-0.05, 0) is 43.2 Å². The Balaban J connectivity index is 1.44. The van der Waals surface area contributed by atoms with E-state index in [0.717, 1.165) is 25.3 Å². The number of amides is 3. The summed E-state index contributed by atoms with van der Waals surface area (Å²) in [5.41, 5.74) is -0.693. The number of benzene rings is 2. The lowest BCUT2D eigenvalue weighted by atomic mass is 10.1. The minimum absolute atomic E-state index is 0.107. The molecule has 0 aromatic heterocycles. The van der Waals surface area contributed by atoms with Gasteiger partial charge in [0, 0.05) is 24.8 Å². The third-order valence-electron chi connectivity index (χ3n) is 5.57. The van der Waals surface area contributed by atoms with E-state index in [1.165, 1.54) is 40.7 Å². The number of nitro groups is 1. The fourth-order valence-electron chi connectivity index (χ4n) is 3.92. The van der Waals surface area contributed by atoms with Crippen molar-refractivity contribution in [2.24, 2.45) is 0 Å². The number of carbonyl (C=O) groups excluding carboxylic acids is 3. The summed E-state index contributed by atoms with van der Waals surface area (Å²) >= 11 is 0. The molecule has 0 unspecified atom stereocenters. The second-order valence-electron chi connectivity index (χ2n) is 7.69. The van der Waals surface area contributed by atoms with E-state index in [1.54, 1.807) is 0 Å². The van der Waals surface area contributed by atoms with E-state index in [4.69, 9.17) is 0 Å². The Kier molecular flexibility index (Phi) is 5.95. The lowest BCUT2D eigenvalue weighted by Crippen LogP contribution is -2.37. The number of rotatable bonds is 6. The third-order valence-corrected chi connectivity index (χ3v) is 7.48. The van der Waals surface area contributed by atoms with Crippen molar-refractivity contribution in [1.29, 1.82) is 0 Å². The van der Waals surface area contributed by atoms with Gasteiger partial charge in [0.25, 0.3) is 17.5 Å². The van der Waals surface area contributed by atoms with Crippen LogP contribution in [0.2, 0.25) is 0 Å². The highest BCUT2D eigenvalue weighted by atomic mass is 32.2. The molecular formula is C21H20N4O7S. The number of imide groups is 1. The van der Waals surface area contributed by atoms with Crippen LogP contribution >= 0.6 is 0 Å². The number of hydrogen-bond donors (Lipinski definition) is 1. The van der Waals surface area contributed by atoms with Crippen molar-refractivity contribution in [2.75, 3.05) is 25.0 Å². The van der Waals surface area contributed by atoms with Gasteiger partial charge < -0.3 is 5.32 Å². The van der Waals surface area contributed by atoms with E-state index in [-0.39, 0.29) is 21.7 Å². The molecule has 4 rings (SSSR count). The minimum Gasteiger partial charge on any atom is -0.325 e. The molecule has 1 fully saturated rings. The number of nitro benzene ring substituents is 1. The molecular weight excluding hydrogens is 452 g/mol. The van der Waals surface area contributed by atoms with E-state index in [1.807, 2.05) is 0 Å². The summed E-state index contributed by atoms with van der Waals surface area (Å²) < 4.78 is 26.9. The van der Waals surface area contributed by atoms with Gasteiger partial charge in [-0.1, -0.05) is 12.5 Å². The number of anilines is 1. The molecule has 2 heterocycles. The Bertz CT molecular complexity index is 1250. The molecule has 0 atom stereocenters. The molecule has 33 heavy (non-hydrogen) atoms. The largest absolute Gasteiger partial charge is 0.325 e. The van der Waals surface area contributed by atoms with Gasteiger partial charge in [-0.3, -0.25) is 29.4 Å². The molecule has 1 N–H and O–H groups in total. The molecule has 2 aromatic carbocycles. The van der Waals surface area contributed by atoms with Crippen LogP contribution in [0.1, 0.15) is 40.0 Å². The maximum atomic E-state index is 12.7. The van der Waals surface area contributed by atoms with Gasteiger partial charge in [0.1, 0.15) is 12.1 Å². The number of carbonyl (C=O) groups is 3. The van der Waals surface area contributed by atoms with Crippen LogP contribution in [-0.2, 0) is 14.8 Å². The highest BCUT2D eigenvalue weighted by Gasteiger charge is 2.41. The maximum Gasteiger partial charge on any atom is 0.282 e. The number of piperidine rings is 1. The van der Waals surface area contributed by atoms with Crippen molar-refractivity contribution >= 4 is 39.1 Å². The summed E-state index contributed by atoms with van der Waals surface area (Å²) in [6.07, 6.45) is 2.63. The summed E-state index contributed by atoms with van der Waals surface area (Å²) in [5.74, 6) is -2.42. The first-order chi connectivity index (χ1) is 15.7. The van der Waals surface area contributed by atoms with Gasteiger partial charge in [0.15, 0.2) is 0 Å². The molecule has 3 amide bonds. The summed E-state index contributed by atoms with van der Waals surface area (Å²) in [7, 11) is -3.61. The quantitative estimate of drug-likeness (QED) is 0.384. The Labute approximate surface area is 189 Å². The van der Waals surface area contributed by atoms with Gasteiger partial charge in [-0.15, -0.1) is 0 Å². The van der Waals surface area contributed by atoms with Gasteiger partial charge in [-0.25, -0.2) is 8.42 Å². The zero-order chi connectivity index (χ0) is 23.8. The first-order valence-corrected chi connectivity index (χ1v) is 11.7. The van der Waals surface area contributed by atoms with Gasteiger partial charge >= 0.3 is 0 Å². The van der Waals surface area contributed by atoms with Crippen LogP contribution in [0.5, 0.6) is 0 Å². The van der Waals surface area contributed by atoms with Crippen molar-refractivity contribution in [2.45, 2.75) is 24.2 Å². The number of nitrogens with zero attached hydrogens (tertiary/aromatic N) is 3. The predicted octanol–water partition coefficient (Wildman–Crippen LogP) is 2.00. The molecule has 11 nitrogen and oxygen atoms in total. The van der Waals surface area contributed by atoms with Crippen LogP contribution in [0.25, 0.3) is 0 Å². The molecule has 2 aromatic rings. The number of hydrogen-bond acceptors (Lipinski definition) is 7. The monoisotopic (exact) mass is 472 g/mol. The molecule has 0 bridgehead atoms. The number of sulfonamides is 1. The van der Waals surface area contributed by atoms with Crippen LogP contribution < -0.4 is 5.32 Å². The van der Waals surface area contributed by atoms with E-state index in [2.05, 4.69) is 5.32 Å². The van der Waals surface area contributed by atoms with Gasteiger partial charge in [0.2, 0.25) is 15.9 Å². The standard InChI is InChI=1S/C21H20N4O7S/c26-18(13-24-20(27)16-5-4-6-17(25(29)30)19(16)21(24)28)22-14-7-9-15(10-8-14)33(31,32)23-11-2-1-3-12-23/h4-10H,1-3,11-13H2,(H,22,26). The fourth-order valence-corrected chi connectivity index (χ4v) is 5.44. The Morgan fingerprint density at radius 3 is 2.30 bits per heavy atom. The normalized spacial score (nSPS) is 16.5. The molecule has 0 saturated carbocycles. The zero-order valence-electron chi connectivity index (χ0n) is 17.4. The Hall–Kier alpha value is -3.64. The average Bonchev–Trinajstić information content (AvgIpc) is 3.04. The minimum atomic E-state index is -3.61. The van der Waals surface area contributed by atoms with E-state index < -0.39 is 44.9 Å². The first kappa shape index (κ1) is 22.6. The second-order valence-corrected chi connectivity index (χ2v) is 9.63. The number of fused-ring (bicyclic) bond motifs is 1. The number of nitrogens with one attached hydrogen (secondary N) is 1. The maximum absolute atomic E-state index is 12.7. The Morgan fingerprint density at radius 1 is 1.00 bits per heavy atom. The van der Waals surface area contributed by atoms with E-state index in [0.29, 0.717) is 18.0 Å². The van der Waals surface area contributed by atoms with Crippen molar-refractivity contribution < 1.29 is 27.7 Å². The second kappa shape index (κ2) is 8.71. The van der Waals surface area contributed by atoms with Crippen LogP contribution in [-0.4, -0.2) is 59.9 Å². The van der Waals surface area contributed by atoms with Gasteiger partial charge in [-0.2, -0.15) is 4.31 Å². The lowest BCUT2D eigenvalue weighted by Gasteiger charge is -2.25. The average molecular weight is 472 g/mol. The van der Waals surface area contributed by atoms with Crippen molar-refractivity contribution in [3.63, 3.8) is 0 Å². The first-order valence-electron chi connectivity index (χ1n) is 10.2. The molecule has 2 aliphatic rings. The summed E-state index contributed by atoms with van der Waals surface area (Å²) in [6, 6.07) is 9.31. The molecule has 12 heteroatoms. The van der Waals surface area contributed by atoms with E-state index >= 15 is 0 Å². The molecule has 0 aliphatic carbocycles. The van der Waals surface area contributed by atoms with Gasteiger partial charge in [0.05, 0.1) is 15.4 Å². The smallest absolute Gasteiger partial charge is 0.282 e. The highest BCUT2D eigenvalue weighted by molar-refractivity contribution is 7.89. The van der Waals surface area contributed by atoms with Crippen LogP contribution in [0.3, 0.4) is 0 Å². The SMILES string of the molecule is O=C(CN1C(=O)c2cccc([N+](=O)[O-])c2C1=O)Nc1ccc(S(=O)(=O)N2CCCCC2)cc1. The van der Waals surface area contributed by atoms with E-state index in [9.17, 15) is 32.9 Å². The highest BCUT2D eigenvalue weighted by Crippen LogP contribution is 2.30. The molecule has 0 spiro atoms. The fraction of sp³-hybridized carbons (Fsp3) is 0.286. The predicted molar refractivity (Wildman–Crippen MR) is 116 cm³/mol.